The van der Waals surface area contributed by atoms with Gasteiger partial charge in [-0.2, -0.15) is 18.4 Å². The number of hydrogen-bond acceptors (Lipinski definition) is 4. The molecule has 0 amide bonds. The summed E-state index contributed by atoms with van der Waals surface area (Å²) in [6.07, 6.45) is -6.40. The van der Waals surface area contributed by atoms with Crippen LogP contribution in [0, 0.1) is 28.0 Å². The first kappa shape index (κ1) is 25.8. The van der Waals surface area contributed by atoms with Crippen LogP contribution in [0.2, 0.25) is 5.02 Å². The molecule has 12 heteroatoms. The second-order valence-electron chi connectivity index (χ2n) is 7.94. The van der Waals surface area contributed by atoms with Crippen molar-refractivity contribution in [2.45, 2.75) is 50.9 Å². The van der Waals surface area contributed by atoms with E-state index >= 15 is 4.39 Å². The third-order valence-electron chi connectivity index (χ3n) is 6.44. The molecule has 0 spiro atoms. The van der Waals surface area contributed by atoms with E-state index in [1.165, 1.54) is 6.92 Å². The van der Waals surface area contributed by atoms with Gasteiger partial charge in [-0.05, 0) is 32.4 Å². The van der Waals surface area contributed by atoms with Crippen LogP contribution in [0.1, 0.15) is 43.7 Å². The average molecular weight is 483 g/mol. The number of aliphatic carboxylic acids is 2. The molecule has 2 rings (SSSR count). The first-order valence-corrected chi connectivity index (χ1v) is 9.79. The highest BCUT2D eigenvalue weighted by Crippen LogP contribution is 2.60. The van der Waals surface area contributed by atoms with Gasteiger partial charge in [0.2, 0.25) is 0 Å². The lowest BCUT2D eigenvalue weighted by atomic mass is 9.50. The molecular formula is C20H20ClF5N2O4. The lowest BCUT2D eigenvalue weighted by Crippen LogP contribution is -2.70. The van der Waals surface area contributed by atoms with Crippen molar-refractivity contribution < 1.29 is 41.8 Å². The number of nitrogens with zero attached hydrogens (tertiary/aromatic N) is 1. The number of rotatable bonds is 6. The molecule has 1 aromatic carbocycles. The van der Waals surface area contributed by atoms with E-state index in [1.54, 1.807) is 6.07 Å². The summed E-state index contributed by atoms with van der Waals surface area (Å²) in [5, 5.41) is 30.8. The predicted octanol–water partition coefficient (Wildman–Crippen LogP) is 4.38. The molecule has 6 nitrogen and oxygen atoms in total. The van der Waals surface area contributed by atoms with Crippen LogP contribution in [0.4, 0.5) is 22.0 Å². The van der Waals surface area contributed by atoms with Gasteiger partial charge in [-0.15, -0.1) is 0 Å². The quantitative estimate of drug-likeness (QED) is 0.519. The zero-order valence-corrected chi connectivity index (χ0v) is 17.7. The molecule has 1 saturated heterocycles. The molecule has 1 fully saturated rings. The molecular weight excluding hydrogens is 463 g/mol. The minimum Gasteiger partial charge on any atom is -0.481 e. The fraction of sp³-hybridized carbons (Fsp3) is 0.550. The first-order valence-electron chi connectivity index (χ1n) is 9.42. The van der Waals surface area contributed by atoms with Crippen molar-refractivity contribution >= 4 is 23.5 Å². The molecule has 0 aliphatic carbocycles. The Morgan fingerprint density at radius 3 is 2.31 bits per heavy atom. The summed E-state index contributed by atoms with van der Waals surface area (Å²) in [6.45, 7) is 0.702. The van der Waals surface area contributed by atoms with Crippen LogP contribution in [-0.4, -0.2) is 40.9 Å². The van der Waals surface area contributed by atoms with E-state index in [2.05, 4.69) is 5.32 Å². The van der Waals surface area contributed by atoms with E-state index in [4.69, 9.17) is 16.9 Å². The van der Waals surface area contributed by atoms with Gasteiger partial charge in [-0.25, -0.2) is 8.78 Å². The molecule has 0 radical (unpaired) electrons. The number of nitrogens with one attached hydrogen (secondary N) is 1. The van der Waals surface area contributed by atoms with Crippen LogP contribution in [0.3, 0.4) is 0 Å². The Morgan fingerprint density at radius 1 is 1.28 bits per heavy atom. The number of piperidine rings is 1. The number of halogens is 6. The van der Waals surface area contributed by atoms with Crippen molar-refractivity contribution in [3.8, 4) is 6.07 Å². The number of carboxylic acids is 2. The maximum Gasteiger partial charge on any atom is 0.418 e. The number of nitriles is 1. The van der Waals surface area contributed by atoms with Gasteiger partial charge in [0.25, 0.3) is 0 Å². The smallest absolute Gasteiger partial charge is 0.418 e. The monoisotopic (exact) mass is 482 g/mol. The maximum atomic E-state index is 15.1. The first-order chi connectivity index (χ1) is 14.7. The molecule has 0 saturated carbocycles. The van der Waals surface area contributed by atoms with Gasteiger partial charge in [-0.3, -0.25) is 9.59 Å². The van der Waals surface area contributed by atoms with E-state index in [-0.39, 0.29) is 0 Å². The van der Waals surface area contributed by atoms with E-state index in [0.29, 0.717) is 12.1 Å². The SMILES string of the molecule is CC1NC(CF)C(C)(C(=O)O)C(c2c(F)ccc(Cl)c2C(F)(F)F)C1(CCC#N)C(=O)O. The fourth-order valence-corrected chi connectivity index (χ4v) is 5.09. The van der Waals surface area contributed by atoms with E-state index < -0.39 is 88.4 Å². The highest BCUT2D eigenvalue weighted by Gasteiger charge is 2.67. The standard InChI is InChI=1S/C20H20ClF5N2O4/c1-9-19(17(31)32,6-3-7-27)15(18(2,16(29)30)12(8-22)28-9)13-11(23)5-4-10(21)14(13)20(24,25)26/h4-5,9,12,15,28H,3,6,8H2,1-2H3,(H,29,30)(H,31,32). The number of alkyl halides is 4. The van der Waals surface area contributed by atoms with Crippen molar-refractivity contribution in [2.24, 2.45) is 10.8 Å². The Hall–Kier alpha value is -2.45. The van der Waals surface area contributed by atoms with Gasteiger partial charge in [0, 0.05) is 23.9 Å². The summed E-state index contributed by atoms with van der Waals surface area (Å²) in [5.74, 6) is -7.35. The van der Waals surface area contributed by atoms with Crippen molar-refractivity contribution in [3.05, 3.63) is 34.1 Å². The summed E-state index contributed by atoms with van der Waals surface area (Å²) in [6, 6.07) is -0.107. The molecule has 3 N–H and O–H groups in total. The minimum absolute atomic E-state index is 0.492. The van der Waals surface area contributed by atoms with Gasteiger partial charge < -0.3 is 15.5 Å². The normalized spacial score (nSPS) is 30.5. The summed E-state index contributed by atoms with van der Waals surface area (Å²) < 4.78 is 71.0. The zero-order valence-electron chi connectivity index (χ0n) is 16.9. The third kappa shape index (κ3) is 3.79. The Bertz CT molecular complexity index is 967. The van der Waals surface area contributed by atoms with Gasteiger partial charge in [0.1, 0.15) is 12.5 Å². The second kappa shape index (κ2) is 8.83. The molecule has 32 heavy (non-hydrogen) atoms. The van der Waals surface area contributed by atoms with Crippen LogP contribution >= 0.6 is 11.6 Å². The lowest BCUT2D eigenvalue weighted by molar-refractivity contribution is -0.174. The van der Waals surface area contributed by atoms with Gasteiger partial charge in [0.05, 0.1) is 33.5 Å². The molecule has 0 aromatic heterocycles. The number of hydrogen-bond donors (Lipinski definition) is 3. The zero-order chi connectivity index (χ0) is 24.6. The van der Waals surface area contributed by atoms with Crippen molar-refractivity contribution in [2.75, 3.05) is 6.67 Å². The predicted molar refractivity (Wildman–Crippen MR) is 102 cm³/mol. The third-order valence-corrected chi connectivity index (χ3v) is 6.75. The Morgan fingerprint density at radius 2 is 1.88 bits per heavy atom. The molecule has 1 aliphatic heterocycles. The summed E-state index contributed by atoms with van der Waals surface area (Å²) in [4.78, 5) is 24.9. The van der Waals surface area contributed by atoms with Crippen molar-refractivity contribution in [3.63, 3.8) is 0 Å². The number of carboxylic acid groups (broad SMARTS) is 2. The van der Waals surface area contributed by atoms with E-state index in [0.717, 1.165) is 6.92 Å². The van der Waals surface area contributed by atoms with Crippen LogP contribution in [-0.2, 0) is 15.8 Å². The van der Waals surface area contributed by atoms with E-state index in [9.17, 15) is 37.4 Å². The van der Waals surface area contributed by atoms with Crippen LogP contribution in [0.5, 0.6) is 0 Å². The Kier molecular flexibility index (Phi) is 7.12. The number of carbonyl (C=O) groups is 2. The highest BCUT2D eigenvalue weighted by atomic mass is 35.5. The molecule has 1 heterocycles. The fourth-order valence-electron chi connectivity index (χ4n) is 4.82. The van der Waals surface area contributed by atoms with Crippen LogP contribution in [0.15, 0.2) is 12.1 Å². The Balaban J connectivity index is 3.13. The highest BCUT2D eigenvalue weighted by molar-refractivity contribution is 6.31. The minimum atomic E-state index is -5.28. The lowest BCUT2D eigenvalue weighted by Gasteiger charge is -2.56. The van der Waals surface area contributed by atoms with Crippen LogP contribution < -0.4 is 5.32 Å². The van der Waals surface area contributed by atoms with Crippen molar-refractivity contribution in [1.82, 2.24) is 5.32 Å². The van der Waals surface area contributed by atoms with Gasteiger partial charge in [-0.1, -0.05) is 11.6 Å². The molecule has 5 unspecified atom stereocenters. The maximum absolute atomic E-state index is 15.1. The van der Waals surface area contributed by atoms with Crippen molar-refractivity contribution in [1.29, 1.82) is 5.26 Å². The molecule has 176 valence electrons. The van der Waals surface area contributed by atoms with Crippen LogP contribution in [0.25, 0.3) is 0 Å². The molecule has 5 atom stereocenters. The Labute approximate surface area is 185 Å². The van der Waals surface area contributed by atoms with Gasteiger partial charge >= 0.3 is 18.1 Å². The largest absolute Gasteiger partial charge is 0.481 e. The molecule has 0 bridgehead atoms. The summed E-state index contributed by atoms with van der Waals surface area (Å²) >= 11 is 5.74. The second-order valence-corrected chi connectivity index (χ2v) is 8.34. The molecule has 1 aromatic rings. The summed E-state index contributed by atoms with van der Waals surface area (Å²) in [7, 11) is 0. The van der Waals surface area contributed by atoms with E-state index in [1.807, 2.05) is 0 Å². The number of benzene rings is 1. The topological polar surface area (TPSA) is 110 Å². The molecule has 1 aliphatic rings. The average Bonchev–Trinajstić information content (AvgIpc) is 2.68. The summed E-state index contributed by atoms with van der Waals surface area (Å²) in [5.41, 5.74) is -7.98. The van der Waals surface area contributed by atoms with Gasteiger partial charge in [0.15, 0.2) is 0 Å².